The van der Waals surface area contributed by atoms with Crippen LogP contribution in [0.4, 0.5) is 0 Å². The van der Waals surface area contributed by atoms with E-state index in [1.165, 1.54) is 0 Å². The van der Waals surface area contributed by atoms with Crippen molar-refractivity contribution in [1.29, 1.82) is 0 Å². The second kappa shape index (κ2) is 8.64. The van der Waals surface area contributed by atoms with Gasteiger partial charge in [-0.25, -0.2) is 5.48 Å². The molecule has 3 rings (SSSR count). The molecule has 0 aliphatic carbocycles. The lowest BCUT2D eigenvalue weighted by Crippen LogP contribution is -2.41. The van der Waals surface area contributed by atoms with Gasteiger partial charge in [-0.3, -0.25) is 14.6 Å². The van der Waals surface area contributed by atoms with E-state index in [0.717, 1.165) is 38.0 Å². The van der Waals surface area contributed by atoms with Gasteiger partial charge in [0.1, 0.15) is 12.7 Å². The molecule has 6 nitrogen and oxygen atoms in total. The maximum Gasteiger partial charge on any atom is 0.311 e. The Balaban J connectivity index is 1.45. The van der Waals surface area contributed by atoms with Crippen molar-refractivity contribution in [1.82, 2.24) is 5.48 Å². The molecule has 2 aliphatic rings. The van der Waals surface area contributed by atoms with Gasteiger partial charge in [-0.05, 0) is 39.0 Å². The Kier molecular flexibility index (Phi) is 6.27. The van der Waals surface area contributed by atoms with Crippen LogP contribution in [0.15, 0.2) is 35.3 Å². The second-order valence-electron chi connectivity index (χ2n) is 7.64. The lowest BCUT2D eigenvalue weighted by molar-refractivity contribution is -0.160. The third-order valence-corrected chi connectivity index (χ3v) is 4.92. The fourth-order valence-electron chi connectivity index (χ4n) is 3.35. The number of rotatable bonds is 6. The Morgan fingerprint density at radius 2 is 2.00 bits per heavy atom. The number of hydroxylamine groups is 1. The third kappa shape index (κ3) is 5.05. The maximum atomic E-state index is 12.5. The Morgan fingerprint density at radius 1 is 1.27 bits per heavy atom. The second-order valence-corrected chi connectivity index (χ2v) is 7.64. The summed E-state index contributed by atoms with van der Waals surface area (Å²) in [7, 11) is 0. The van der Waals surface area contributed by atoms with Crippen molar-refractivity contribution >= 4 is 11.8 Å². The summed E-state index contributed by atoms with van der Waals surface area (Å²) in [5.74, 6) is 1.05. The number of carbonyl (C=O) groups is 1. The average molecular weight is 360 g/mol. The number of hydrogen-bond donors (Lipinski definition) is 1. The maximum absolute atomic E-state index is 12.5. The van der Waals surface area contributed by atoms with Gasteiger partial charge in [-0.1, -0.05) is 30.3 Å². The zero-order valence-electron chi connectivity index (χ0n) is 15.6. The van der Waals surface area contributed by atoms with E-state index in [-0.39, 0.29) is 18.7 Å². The van der Waals surface area contributed by atoms with Gasteiger partial charge in [-0.2, -0.15) is 0 Å². The molecule has 2 aliphatic heterocycles. The van der Waals surface area contributed by atoms with E-state index in [2.05, 4.69) is 10.5 Å². The SMILES string of the molecule is CC(C)(CC1CCOCC1)C(=O)OCC1CN=C(c2ccccc2)NO1. The molecule has 0 radical (unpaired) electrons. The molecule has 1 N–H and O–H groups in total. The molecule has 142 valence electrons. The van der Waals surface area contributed by atoms with E-state index in [4.69, 9.17) is 14.3 Å². The molecule has 0 aromatic heterocycles. The molecule has 0 saturated carbocycles. The Hall–Kier alpha value is -1.92. The number of amidine groups is 1. The smallest absolute Gasteiger partial charge is 0.311 e. The van der Waals surface area contributed by atoms with Gasteiger partial charge in [0.2, 0.25) is 0 Å². The van der Waals surface area contributed by atoms with Gasteiger partial charge < -0.3 is 9.47 Å². The van der Waals surface area contributed by atoms with Crippen LogP contribution in [0.3, 0.4) is 0 Å². The predicted octanol–water partition coefficient (Wildman–Crippen LogP) is 2.72. The lowest BCUT2D eigenvalue weighted by Gasteiger charge is -2.31. The van der Waals surface area contributed by atoms with Crippen molar-refractivity contribution in [3.05, 3.63) is 35.9 Å². The molecule has 0 amide bonds. The predicted molar refractivity (Wildman–Crippen MR) is 98.8 cm³/mol. The van der Waals surface area contributed by atoms with Crippen LogP contribution < -0.4 is 5.48 Å². The number of esters is 1. The summed E-state index contributed by atoms with van der Waals surface area (Å²) in [6, 6.07) is 9.79. The number of aliphatic imine (C=N–C) groups is 1. The molecule has 6 heteroatoms. The molecule has 1 atom stereocenters. The Morgan fingerprint density at radius 3 is 2.65 bits per heavy atom. The number of nitrogens with one attached hydrogen (secondary N) is 1. The largest absolute Gasteiger partial charge is 0.462 e. The number of hydrogen-bond acceptors (Lipinski definition) is 6. The highest BCUT2D eigenvalue weighted by molar-refractivity contribution is 5.98. The Labute approximate surface area is 154 Å². The summed E-state index contributed by atoms with van der Waals surface area (Å²) >= 11 is 0. The van der Waals surface area contributed by atoms with E-state index in [9.17, 15) is 4.79 Å². The standard InChI is InChI=1S/C20H28N2O4/c1-20(2,12-15-8-10-24-11-9-15)19(23)25-14-17-13-21-18(22-26-17)16-6-4-3-5-7-16/h3-7,15,17H,8-14H2,1-2H3,(H,21,22). The van der Waals surface area contributed by atoms with Gasteiger partial charge >= 0.3 is 5.97 Å². The molecule has 0 spiro atoms. The van der Waals surface area contributed by atoms with Crippen LogP contribution in [0, 0.1) is 11.3 Å². The summed E-state index contributed by atoms with van der Waals surface area (Å²) in [6.45, 7) is 6.16. The molecule has 1 aromatic carbocycles. The normalized spacial score (nSPS) is 21.6. The first-order valence-corrected chi connectivity index (χ1v) is 9.31. The van der Waals surface area contributed by atoms with Gasteiger partial charge in [0.25, 0.3) is 0 Å². The first kappa shape index (κ1) is 18.9. The molecular formula is C20H28N2O4. The van der Waals surface area contributed by atoms with Crippen molar-refractivity contribution in [2.75, 3.05) is 26.4 Å². The van der Waals surface area contributed by atoms with Crippen LogP contribution in [0.2, 0.25) is 0 Å². The summed E-state index contributed by atoms with van der Waals surface area (Å²) in [5, 5.41) is 0. The van der Waals surface area contributed by atoms with E-state index in [1.807, 2.05) is 44.2 Å². The zero-order chi connectivity index (χ0) is 18.4. The number of carbonyl (C=O) groups excluding carboxylic acids is 1. The summed E-state index contributed by atoms with van der Waals surface area (Å²) in [5.41, 5.74) is 3.33. The van der Waals surface area contributed by atoms with E-state index < -0.39 is 5.41 Å². The van der Waals surface area contributed by atoms with Crippen LogP contribution in [0.1, 0.15) is 38.7 Å². The molecule has 1 aromatic rings. The number of ether oxygens (including phenoxy) is 2. The van der Waals surface area contributed by atoms with Gasteiger partial charge in [0.05, 0.1) is 12.0 Å². The molecular weight excluding hydrogens is 332 g/mol. The summed E-state index contributed by atoms with van der Waals surface area (Å²) < 4.78 is 10.9. The molecule has 26 heavy (non-hydrogen) atoms. The van der Waals surface area contributed by atoms with Crippen LogP contribution in [0.25, 0.3) is 0 Å². The Bertz CT molecular complexity index is 624. The first-order chi connectivity index (χ1) is 12.5. The van der Waals surface area contributed by atoms with Crippen LogP contribution in [0.5, 0.6) is 0 Å². The van der Waals surface area contributed by atoms with Crippen molar-refractivity contribution in [3.8, 4) is 0 Å². The van der Waals surface area contributed by atoms with Gasteiger partial charge in [0, 0.05) is 18.8 Å². The minimum atomic E-state index is -0.497. The summed E-state index contributed by atoms with van der Waals surface area (Å²) in [6.07, 6.45) is 2.59. The van der Waals surface area contributed by atoms with Gasteiger partial charge in [0.15, 0.2) is 5.84 Å². The molecule has 2 heterocycles. The minimum absolute atomic E-state index is 0.176. The fourth-order valence-corrected chi connectivity index (χ4v) is 3.35. The zero-order valence-corrected chi connectivity index (χ0v) is 15.6. The molecule has 1 unspecified atom stereocenters. The van der Waals surface area contributed by atoms with Crippen LogP contribution >= 0.6 is 0 Å². The monoisotopic (exact) mass is 360 g/mol. The molecule has 1 saturated heterocycles. The average Bonchev–Trinajstić information content (AvgIpc) is 2.67. The van der Waals surface area contributed by atoms with Crippen molar-refractivity contribution in [3.63, 3.8) is 0 Å². The first-order valence-electron chi connectivity index (χ1n) is 9.31. The highest BCUT2D eigenvalue weighted by atomic mass is 16.7. The quantitative estimate of drug-likeness (QED) is 0.790. The van der Waals surface area contributed by atoms with Crippen molar-refractivity contribution < 1.29 is 19.1 Å². The minimum Gasteiger partial charge on any atom is -0.462 e. The van der Waals surface area contributed by atoms with E-state index in [1.54, 1.807) is 0 Å². The van der Waals surface area contributed by atoms with Gasteiger partial charge in [-0.15, -0.1) is 0 Å². The lowest BCUT2D eigenvalue weighted by atomic mass is 9.80. The fraction of sp³-hybridized carbons (Fsp3) is 0.600. The highest BCUT2D eigenvalue weighted by Gasteiger charge is 2.34. The third-order valence-electron chi connectivity index (χ3n) is 4.92. The van der Waals surface area contributed by atoms with Crippen LogP contribution in [-0.4, -0.2) is 44.3 Å². The van der Waals surface area contributed by atoms with E-state index in [0.29, 0.717) is 18.3 Å². The van der Waals surface area contributed by atoms with Crippen molar-refractivity contribution in [2.45, 2.75) is 39.2 Å². The highest BCUT2D eigenvalue weighted by Crippen LogP contribution is 2.32. The number of nitrogens with zero attached hydrogens (tertiary/aromatic N) is 1. The van der Waals surface area contributed by atoms with Crippen LogP contribution in [-0.2, 0) is 19.1 Å². The summed E-state index contributed by atoms with van der Waals surface area (Å²) in [4.78, 5) is 22.6. The number of benzene rings is 1. The topological polar surface area (TPSA) is 69.2 Å². The molecule has 0 bridgehead atoms. The molecule has 1 fully saturated rings. The van der Waals surface area contributed by atoms with Crippen molar-refractivity contribution in [2.24, 2.45) is 16.3 Å². The van der Waals surface area contributed by atoms with E-state index >= 15 is 0 Å².